The van der Waals surface area contributed by atoms with Gasteiger partial charge in [-0.1, -0.05) is 13.8 Å². The molecule has 0 unspecified atom stereocenters. The van der Waals surface area contributed by atoms with Crippen molar-refractivity contribution in [3.8, 4) is 0 Å². The number of hydrogen-bond donors (Lipinski definition) is 2. The van der Waals surface area contributed by atoms with Crippen molar-refractivity contribution in [2.45, 2.75) is 45.7 Å². The van der Waals surface area contributed by atoms with Gasteiger partial charge in [-0.2, -0.15) is 0 Å². The lowest BCUT2D eigenvalue weighted by Crippen LogP contribution is -2.47. The number of amides is 1. The first-order valence-electron chi connectivity index (χ1n) is 6.17. The monoisotopic (exact) mass is 251 g/mol. The molecule has 0 aliphatic rings. The summed E-state index contributed by atoms with van der Waals surface area (Å²) >= 11 is 0. The number of nitrogens with two attached hydrogens (primary N) is 1. The van der Waals surface area contributed by atoms with Crippen molar-refractivity contribution in [3.63, 3.8) is 0 Å². The Hall–Kier alpha value is -1.78. The summed E-state index contributed by atoms with van der Waals surface area (Å²) in [6.07, 6.45) is 3.18. The second-order valence-electron chi connectivity index (χ2n) is 4.74. The molecule has 1 amide bonds. The zero-order valence-corrected chi connectivity index (χ0v) is 11.2. The number of anilines is 1. The molecule has 0 aliphatic carbocycles. The van der Waals surface area contributed by atoms with E-state index in [4.69, 9.17) is 5.73 Å². The maximum Gasteiger partial charge on any atom is 0.251 e. The zero-order valence-electron chi connectivity index (χ0n) is 11.2. The van der Waals surface area contributed by atoms with Crippen LogP contribution in [0, 0.1) is 0 Å². The van der Waals surface area contributed by atoms with Crippen molar-refractivity contribution >= 4 is 11.6 Å². The fourth-order valence-electron chi connectivity index (χ4n) is 1.63. The van der Waals surface area contributed by atoms with E-state index >= 15 is 0 Å². The van der Waals surface area contributed by atoms with Gasteiger partial charge in [-0.25, -0.2) is 0 Å². The maximum absolute atomic E-state index is 11.9. The Morgan fingerprint density at radius 2 is 2.00 bits per heavy atom. The maximum atomic E-state index is 11.9. The Balaban J connectivity index is 2.76. The van der Waals surface area contributed by atoms with E-state index in [9.17, 15) is 9.59 Å². The normalized spacial score (nSPS) is 11.3. The van der Waals surface area contributed by atoms with Gasteiger partial charge in [-0.15, -0.1) is 0 Å². The van der Waals surface area contributed by atoms with Crippen molar-refractivity contribution in [2.24, 2.45) is 0 Å². The van der Waals surface area contributed by atoms with Crippen LogP contribution in [0.4, 0.5) is 5.69 Å². The van der Waals surface area contributed by atoms with E-state index in [0.29, 0.717) is 5.69 Å². The van der Waals surface area contributed by atoms with Crippen LogP contribution in [0.25, 0.3) is 0 Å². The highest BCUT2D eigenvalue weighted by Crippen LogP contribution is 2.13. The molecular formula is C13H21N3O2. The summed E-state index contributed by atoms with van der Waals surface area (Å²) in [6.45, 7) is 6.04. The molecule has 0 spiro atoms. The van der Waals surface area contributed by atoms with Crippen LogP contribution in [0.1, 0.15) is 33.6 Å². The summed E-state index contributed by atoms with van der Waals surface area (Å²) in [5.74, 6) is -0.172. The largest absolute Gasteiger partial charge is 0.398 e. The second-order valence-corrected chi connectivity index (χ2v) is 4.74. The second kappa shape index (κ2) is 5.71. The number of nitrogen functional groups attached to an aromatic ring is 1. The van der Waals surface area contributed by atoms with Gasteiger partial charge in [0, 0.05) is 23.5 Å². The van der Waals surface area contributed by atoms with Gasteiger partial charge in [0.15, 0.2) is 0 Å². The minimum atomic E-state index is -0.228. The van der Waals surface area contributed by atoms with Crippen LogP contribution in [0.15, 0.2) is 23.1 Å². The predicted octanol–water partition coefficient (Wildman–Crippen LogP) is 1.13. The third kappa shape index (κ3) is 3.61. The van der Waals surface area contributed by atoms with E-state index in [0.717, 1.165) is 12.8 Å². The first-order valence-corrected chi connectivity index (χ1v) is 6.17. The standard InChI is InChI=1S/C13H21N3O2/c1-4-13(3,5-2)15-11(17)9-16-8-10(14)6-7-12(16)18/h6-8H,4-5,9,14H2,1-3H3,(H,15,17). The van der Waals surface area contributed by atoms with Gasteiger partial charge < -0.3 is 15.6 Å². The van der Waals surface area contributed by atoms with Gasteiger partial charge in [0.25, 0.3) is 5.56 Å². The molecule has 0 saturated carbocycles. The molecule has 0 aliphatic heterocycles. The zero-order chi connectivity index (χ0) is 13.8. The average Bonchev–Trinajstić information content (AvgIpc) is 2.33. The van der Waals surface area contributed by atoms with Crippen LogP contribution < -0.4 is 16.6 Å². The number of pyridine rings is 1. The van der Waals surface area contributed by atoms with Gasteiger partial charge in [-0.3, -0.25) is 9.59 Å². The van der Waals surface area contributed by atoms with Gasteiger partial charge in [-0.05, 0) is 25.8 Å². The number of carbonyl (C=O) groups is 1. The number of rotatable bonds is 5. The van der Waals surface area contributed by atoms with E-state index in [1.807, 2.05) is 20.8 Å². The molecule has 1 heterocycles. The average molecular weight is 251 g/mol. The molecule has 0 bridgehead atoms. The van der Waals surface area contributed by atoms with E-state index in [1.165, 1.54) is 22.9 Å². The van der Waals surface area contributed by atoms with Gasteiger partial charge in [0.1, 0.15) is 6.54 Å². The van der Waals surface area contributed by atoms with Crippen molar-refractivity contribution in [2.75, 3.05) is 5.73 Å². The summed E-state index contributed by atoms with van der Waals surface area (Å²) in [4.78, 5) is 23.4. The first kappa shape index (κ1) is 14.3. The topological polar surface area (TPSA) is 77.1 Å². The van der Waals surface area contributed by atoms with E-state index in [2.05, 4.69) is 5.32 Å². The summed E-state index contributed by atoms with van der Waals surface area (Å²) in [5.41, 5.74) is 5.61. The Morgan fingerprint density at radius 3 is 2.56 bits per heavy atom. The molecule has 0 saturated heterocycles. The fraction of sp³-hybridized carbons (Fsp3) is 0.538. The van der Waals surface area contributed by atoms with Crippen LogP contribution in [0.3, 0.4) is 0 Å². The Labute approximate surface area is 107 Å². The van der Waals surface area contributed by atoms with Gasteiger partial charge >= 0.3 is 0 Å². The minimum absolute atomic E-state index is 0.000532. The number of nitrogens with zero attached hydrogens (tertiary/aromatic N) is 1. The molecule has 5 heteroatoms. The highest BCUT2D eigenvalue weighted by molar-refractivity contribution is 5.76. The Morgan fingerprint density at radius 1 is 1.39 bits per heavy atom. The molecule has 0 atom stereocenters. The summed E-state index contributed by atoms with van der Waals surface area (Å²) in [6, 6.07) is 2.89. The lowest BCUT2D eigenvalue weighted by molar-refractivity contribution is -0.123. The minimum Gasteiger partial charge on any atom is -0.398 e. The van der Waals surface area contributed by atoms with Crippen LogP contribution in [-0.4, -0.2) is 16.0 Å². The fourth-order valence-corrected chi connectivity index (χ4v) is 1.63. The third-order valence-electron chi connectivity index (χ3n) is 3.32. The summed E-state index contributed by atoms with van der Waals surface area (Å²) in [7, 11) is 0. The summed E-state index contributed by atoms with van der Waals surface area (Å²) in [5, 5.41) is 2.95. The molecule has 5 nitrogen and oxygen atoms in total. The van der Waals surface area contributed by atoms with Gasteiger partial charge in [0.05, 0.1) is 0 Å². The van der Waals surface area contributed by atoms with Crippen LogP contribution in [0.5, 0.6) is 0 Å². The Bertz CT molecular complexity index is 475. The smallest absolute Gasteiger partial charge is 0.251 e. The van der Waals surface area contributed by atoms with E-state index < -0.39 is 0 Å². The molecule has 0 aromatic carbocycles. The number of aromatic nitrogens is 1. The molecule has 0 radical (unpaired) electrons. The lowest BCUT2D eigenvalue weighted by Gasteiger charge is -2.28. The molecule has 0 fully saturated rings. The highest BCUT2D eigenvalue weighted by Gasteiger charge is 2.21. The first-order chi connectivity index (χ1) is 8.40. The SMILES string of the molecule is CCC(C)(CC)NC(=O)Cn1cc(N)ccc1=O. The molecule has 3 N–H and O–H groups in total. The molecular weight excluding hydrogens is 230 g/mol. The van der Waals surface area contributed by atoms with E-state index in [-0.39, 0.29) is 23.6 Å². The quantitative estimate of drug-likeness (QED) is 0.823. The molecule has 1 rings (SSSR count). The van der Waals surface area contributed by atoms with E-state index in [1.54, 1.807) is 0 Å². The van der Waals surface area contributed by atoms with Crippen molar-refractivity contribution in [1.29, 1.82) is 0 Å². The van der Waals surface area contributed by atoms with Crippen molar-refractivity contribution in [1.82, 2.24) is 9.88 Å². The lowest BCUT2D eigenvalue weighted by atomic mass is 9.95. The highest BCUT2D eigenvalue weighted by atomic mass is 16.2. The van der Waals surface area contributed by atoms with Crippen LogP contribution in [-0.2, 0) is 11.3 Å². The molecule has 100 valence electrons. The third-order valence-corrected chi connectivity index (χ3v) is 3.32. The molecule has 1 aromatic heterocycles. The van der Waals surface area contributed by atoms with Crippen molar-refractivity contribution in [3.05, 3.63) is 28.7 Å². The number of nitrogens with one attached hydrogen (secondary N) is 1. The van der Waals surface area contributed by atoms with Crippen LogP contribution >= 0.6 is 0 Å². The Kier molecular flexibility index (Phi) is 4.53. The van der Waals surface area contributed by atoms with Gasteiger partial charge in [0.2, 0.25) is 5.91 Å². The summed E-state index contributed by atoms with van der Waals surface area (Å²) < 4.78 is 1.32. The van der Waals surface area contributed by atoms with Crippen LogP contribution in [0.2, 0.25) is 0 Å². The number of hydrogen-bond acceptors (Lipinski definition) is 3. The molecule has 18 heavy (non-hydrogen) atoms. The number of carbonyl (C=O) groups excluding carboxylic acids is 1. The predicted molar refractivity (Wildman–Crippen MR) is 72.2 cm³/mol. The molecule has 1 aromatic rings. The van der Waals surface area contributed by atoms with Crippen molar-refractivity contribution < 1.29 is 4.79 Å².